The largest absolute Gasteiger partial charge is 0.491 e. The van der Waals surface area contributed by atoms with Crippen molar-refractivity contribution in [1.82, 2.24) is 5.32 Å². The van der Waals surface area contributed by atoms with Crippen molar-refractivity contribution in [2.45, 2.75) is 39.2 Å². The van der Waals surface area contributed by atoms with E-state index in [9.17, 15) is 9.59 Å². The Bertz CT molecular complexity index is 543. The van der Waals surface area contributed by atoms with Gasteiger partial charge in [0.1, 0.15) is 12.4 Å². The normalized spacial score (nSPS) is 22.1. The first kappa shape index (κ1) is 16.3. The highest BCUT2D eigenvalue weighted by Gasteiger charge is 2.34. The predicted molar refractivity (Wildman–Crippen MR) is 82.7 cm³/mol. The van der Waals surface area contributed by atoms with Gasteiger partial charge in [-0.15, -0.1) is 0 Å². The Labute approximate surface area is 130 Å². The molecule has 1 aliphatic rings. The fraction of sp³-hybridized carbons (Fsp3) is 0.529. The molecule has 1 aromatic rings. The first-order chi connectivity index (χ1) is 10.5. The van der Waals surface area contributed by atoms with Crippen molar-refractivity contribution in [1.29, 1.82) is 0 Å². The van der Waals surface area contributed by atoms with Crippen molar-refractivity contribution in [2.75, 3.05) is 6.61 Å². The van der Waals surface area contributed by atoms with Crippen molar-refractivity contribution >= 4 is 11.9 Å². The standard InChI is InChI=1S/C17H23NO4/c1-11-4-3-5-15(8-11)22-10-12(2)18-16(19)13-6-7-14(9-13)17(20)21/h3-5,8,12-14H,6-7,9-10H2,1-2H3,(H,18,19)(H,20,21)/t12?,13-,14+/m1/s1. The van der Waals surface area contributed by atoms with Crippen LogP contribution in [-0.4, -0.2) is 29.6 Å². The molecule has 1 aliphatic carbocycles. The third kappa shape index (κ3) is 4.48. The zero-order chi connectivity index (χ0) is 16.1. The van der Waals surface area contributed by atoms with Crippen LogP contribution in [0.5, 0.6) is 5.75 Å². The third-order valence-corrected chi connectivity index (χ3v) is 4.03. The topological polar surface area (TPSA) is 75.6 Å². The average Bonchev–Trinajstić information content (AvgIpc) is 2.95. The molecule has 5 heteroatoms. The number of amides is 1. The zero-order valence-electron chi connectivity index (χ0n) is 13.0. The van der Waals surface area contributed by atoms with E-state index in [4.69, 9.17) is 9.84 Å². The van der Waals surface area contributed by atoms with E-state index in [0.717, 1.165) is 11.3 Å². The maximum atomic E-state index is 12.1. The minimum absolute atomic E-state index is 0.0657. The lowest BCUT2D eigenvalue weighted by Gasteiger charge is -2.18. The van der Waals surface area contributed by atoms with Crippen LogP contribution in [0.2, 0.25) is 0 Å². The molecular formula is C17H23NO4. The number of carboxylic acids is 1. The first-order valence-electron chi connectivity index (χ1n) is 7.68. The number of carbonyl (C=O) groups excluding carboxylic acids is 1. The number of nitrogens with one attached hydrogen (secondary N) is 1. The van der Waals surface area contributed by atoms with E-state index in [2.05, 4.69) is 5.32 Å². The van der Waals surface area contributed by atoms with Crippen LogP contribution in [0.15, 0.2) is 24.3 Å². The number of carbonyl (C=O) groups is 2. The molecule has 22 heavy (non-hydrogen) atoms. The zero-order valence-corrected chi connectivity index (χ0v) is 13.0. The van der Waals surface area contributed by atoms with Crippen LogP contribution in [0.4, 0.5) is 0 Å². The van der Waals surface area contributed by atoms with Crippen LogP contribution in [0.3, 0.4) is 0 Å². The maximum absolute atomic E-state index is 12.1. The molecule has 1 saturated carbocycles. The van der Waals surface area contributed by atoms with E-state index in [1.54, 1.807) is 0 Å². The molecule has 1 amide bonds. The fourth-order valence-corrected chi connectivity index (χ4v) is 2.77. The van der Waals surface area contributed by atoms with E-state index < -0.39 is 5.97 Å². The Balaban J connectivity index is 1.76. The number of benzene rings is 1. The number of rotatable bonds is 6. The third-order valence-electron chi connectivity index (χ3n) is 4.03. The van der Waals surface area contributed by atoms with Gasteiger partial charge in [-0.25, -0.2) is 0 Å². The summed E-state index contributed by atoms with van der Waals surface area (Å²) in [6.45, 7) is 4.28. The highest BCUT2D eigenvalue weighted by atomic mass is 16.5. The number of ether oxygens (including phenoxy) is 1. The van der Waals surface area contributed by atoms with Crippen molar-refractivity contribution < 1.29 is 19.4 Å². The van der Waals surface area contributed by atoms with Crippen LogP contribution < -0.4 is 10.1 Å². The summed E-state index contributed by atoms with van der Waals surface area (Å²) in [6.07, 6.45) is 1.67. The van der Waals surface area contributed by atoms with Gasteiger partial charge in [-0.1, -0.05) is 12.1 Å². The summed E-state index contributed by atoms with van der Waals surface area (Å²) in [5.74, 6) is -0.653. The lowest BCUT2D eigenvalue weighted by Crippen LogP contribution is -2.40. The molecular weight excluding hydrogens is 282 g/mol. The highest BCUT2D eigenvalue weighted by molar-refractivity contribution is 5.81. The van der Waals surface area contributed by atoms with Gasteiger partial charge in [0.2, 0.25) is 5.91 Å². The minimum Gasteiger partial charge on any atom is -0.491 e. The van der Waals surface area contributed by atoms with E-state index in [1.807, 2.05) is 38.1 Å². The summed E-state index contributed by atoms with van der Waals surface area (Å²) in [7, 11) is 0. The lowest BCUT2D eigenvalue weighted by molar-refractivity contribution is -0.141. The molecule has 0 saturated heterocycles. The summed E-state index contributed by atoms with van der Waals surface area (Å²) in [6, 6.07) is 7.64. The molecule has 0 aromatic heterocycles. The monoisotopic (exact) mass is 305 g/mol. The molecule has 5 nitrogen and oxygen atoms in total. The van der Waals surface area contributed by atoms with Gasteiger partial charge in [0.05, 0.1) is 12.0 Å². The van der Waals surface area contributed by atoms with Gasteiger partial charge >= 0.3 is 5.97 Å². The van der Waals surface area contributed by atoms with Gasteiger partial charge in [-0.05, 0) is 50.8 Å². The summed E-state index contributed by atoms with van der Waals surface area (Å²) < 4.78 is 5.66. The van der Waals surface area contributed by atoms with Crippen molar-refractivity contribution in [3.05, 3.63) is 29.8 Å². The van der Waals surface area contributed by atoms with Gasteiger partial charge in [0, 0.05) is 5.92 Å². The molecule has 0 heterocycles. The van der Waals surface area contributed by atoms with Crippen molar-refractivity contribution in [3.63, 3.8) is 0 Å². The Morgan fingerprint density at radius 3 is 2.73 bits per heavy atom. The molecule has 120 valence electrons. The quantitative estimate of drug-likeness (QED) is 0.846. The Kier molecular flexibility index (Phi) is 5.41. The summed E-state index contributed by atoms with van der Waals surface area (Å²) >= 11 is 0. The van der Waals surface area contributed by atoms with E-state index in [1.165, 1.54) is 0 Å². The first-order valence-corrected chi connectivity index (χ1v) is 7.68. The summed E-state index contributed by atoms with van der Waals surface area (Å²) in [5, 5.41) is 11.9. The van der Waals surface area contributed by atoms with E-state index >= 15 is 0 Å². The average molecular weight is 305 g/mol. The Morgan fingerprint density at radius 1 is 1.36 bits per heavy atom. The second-order valence-electron chi connectivity index (χ2n) is 6.08. The van der Waals surface area contributed by atoms with Gasteiger partial charge < -0.3 is 15.2 Å². The predicted octanol–water partition coefficient (Wildman–Crippen LogP) is 2.38. The van der Waals surface area contributed by atoms with Gasteiger partial charge in [-0.3, -0.25) is 9.59 Å². The second kappa shape index (κ2) is 7.29. The highest BCUT2D eigenvalue weighted by Crippen LogP contribution is 2.31. The summed E-state index contributed by atoms with van der Waals surface area (Å²) in [5.41, 5.74) is 1.12. The molecule has 0 radical (unpaired) electrons. The number of aliphatic carboxylic acids is 1. The second-order valence-corrected chi connectivity index (χ2v) is 6.08. The minimum atomic E-state index is -0.800. The van der Waals surface area contributed by atoms with E-state index in [0.29, 0.717) is 25.9 Å². The number of hydrogen-bond donors (Lipinski definition) is 2. The maximum Gasteiger partial charge on any atom is 0.306 e. The van der Waals surface area contributed by atoms with Gasteiger partial charge in [0.25, 0.3) is 0 Å². The van der Waals surface area contributed by atoms with Crippen LogP contribution in [0, 0.1) is 18.8 Å². The molecule has 1 unspecified atom stereocenters. The molecule has 3 atom stereocenters. The van der Waals surface area contributed by atoms with Crippen LogP contribution in [-0.2, 0) is 9.59 Å². The van der Waals surface area contributed by atoms with Crippen LogP contribution in [0.1, 0.15) is 31.7 Å². The van der Waals surface area contributed by atoms with Crippen LogP contribution in [0.25, 0.3) is 0 Å². The Hall–Kier alpha value is -2.04. The van der Waals surface area contributed by atoms with E-state index in [-0.39, 0.29) is 23.8 Å². The molecule has 0 aliphatic heterocycles. The Morgan fingerprint density at radius 2 is 2.09 bits per heavy atom. The van der Waals surface area contributed by atoms with Crippen LogP contribution >= 0.6 is 0 Å². The van der Waals surface area contributed by atoms with Gasteiger partial charge in [0.15, 0.2) is 0 Å². The summed E-state index contributed by atoms with van der Waals surface area (Å²) in [4.78, 5) is 23.1. The molecule has 2 N–H and O–H groups in total. The molecule has 2 rings (SSSR count). The van der Waals surface area contributed by atoms with Crippen molar-refractivity contribution in [2.24, 2.45) is 11.8 Å². The fourth-order valence-electron chi connectivity index (χ4n) is 2.77. The molecule has 1 aromatic carbocycles. The number of aryl methyl sites for hydroxylation is 1. The van der Waals surface area contributed by atoms with Crippen molar-refractivity contribution in [3.8, 4) is 5.75 Å². The molecule has 0 spiro atoms. The smallest absolute Gasteiger partial charge is 0.306 e. The number of carboxylic acid groups (broad SMARTS) is 1. The molecule has 1 fully saturated rings. The van der Waals surface area contributed by atoms with Gasteiger partial charge in [-0.2, -0.15) is 0 Å². The SMILES string of the molecule is Cc1cccc(OCC(C)NC(=O)[C@@H]2CC[C@H](C(=O)O)C2)c1. The molecule has 0 bridgehead atoms. The number of hydrogen-bond acceptors (Lipinski definition) is 3. The lowest BCUT2D eigenvalue weighted by atomic mass is 10.0.